The monoisotopic (exact) mass is 170 g/mol. The zero-order valence-electron chi connectivity index (χ0n) is 7.71. The van der Waals surface area contributed by atoms with Crippen LogP contribution in [-0.2, 0) is 0 Å². The van der Waals surface area contributed by atoms with Gasteiger partial charge in [-0.15, -0.1) is 0 Å². The first-order chi connectivity index (χ1) is 5.81. The van der Waals surface area contributed by atoms with E-state index in [1.165, 1.54) is 0 Å². The molecule has 0 radical (unpaired) electrons. The van der Waals surface area contributed by atoms with Gasteiger partial charge >= 0.3 is 0 Å². The molecule has 2 N–H and O–H groups in total. The van der Waals surface area contributed by atoms with Crippen molar-refractivity contribution < 1.29 is 5.11 Å². The van der Waals surface area contributed by atoms with Crippen LogP contribution in [0.15, 0.2) is 0 Å². The molecular weight excluding hydrogens is 152 g/mol. The fourth-order valence-corrected chi connectivity index (χ4v) is 0.936. The summed E-state index contributed by atoms with van der Waals surface area (Å²) in [6.45, 7) is 4.05. The lowest BCUT2D eigenvalue weighted by atomic mass is 10.1. The predicted octanol–water partition coefficient (Wildman–Crippen LogP) is 0.898. The van der Waals surface area contributed by atoms with Gasteiger partial charge in [-0.25, -0.2) is 0 Å². The van der Waals surface area contributed by atoms with Gasteiger partial charge in [0.2, 0.25) is 0 Å². The van der Waals surface area contributed by atoms with E-state index < -0.39 is 0 Å². The van der Waals surface area contributed by atoms with Crippen LogP contribution >= 0.6 is 0 Å². The van der Waals surface area contributed by atoms with Gasteiger partial charge < -0.3 is 10.4 Å². The molecule has 0 saturated heterocycles. The van der Waals surface area contributed by atoms with Gasteiger partial charge in [-0.05, 0) is 25.3 Å². The Morgan fingerprint density at radius 3 is 2.83 bits per heavy atom. The van der Waals surface area contributed by atoms with Crippen LogP contribution in [0.5, 0.6) is 0 Å². The van der Waals surface area contributed by atoms with E-state index >= 15 is 0 Å². The number of nitrogens with zero attached hydrogens (tertiary/aromatic N) is 1. The lowest BCUT2D eigenvalue weighted by Gasteiger charge is -2.06. The zero-order chi connectivity index (χ0) is 9.23. The molecule has 1 atom stereocenters. The molecule has 0 fully saturated rings. The van der Waals surface area contributed by atoms with Gasteiger partial charge in [0.25, 0.3) is 0 Å². The minimum atomic E-state index is 0.276. The summed E-state index contributed by atoms with van der Waals surface area (Å²) in [5.41, 5.74) is 0. The van der Waals surface area contributed by atoms with E-state index in [9.17, 15) is 0 Å². The van der Waals surface area contributed by atoms with Crippen LogP contribution < -0.4 is 5.32 Å². The third kappa shape index (κ3) is 7.52. The van der Waals surface area contributed by atoms with Gasteiger partial charge in [-0.1, -0.05) is 6.92 Å². The standard InChI is InChI=1S/C9H18N2O/c1-9(8-12)4-2-6-11-7-3-5-10/h9,11-12H,2-4,6-8H2,1H3. The molecule has 1 unspecified atom stereocenters. The van der Waals surface area contributed by atoms with E-state index in [4.69, 9.17) is 10.4 Å². The maximum atomic E-state index is 8.71. The van der Waals surface area contributed by atoms with Crippen molar-refractivity contribution in [1.29, 1.82) is 5.26 Å². The molecular formula is C9H18N2O. The zero-order valence-corrected chi connectivity index (χ0v) is 7.71. The molecule has 0 bridgehead atoms. The maximum absolute atomic E-state index is 8.71. The molecule has 0 aromatic rings. The second-order valence-electron chi connectivity index (χ2n) is 3.09. The highest BCUT2D eigenvalue weighted by Gasteiger charge is 1.97. The number of aliphatic hydroxyl groups excluding tert-OH is 1. The third-order valence-corrected chi connectivity index (χ3v) is 1.78. The minimum absolute atomic E-state index is 0.276. The summed E-state index contributed by atoms with van der Waals surface area (Å²) in [5.74, 6) is 0.405. The Morgan fingerprint density at radius 2 is 2.25 bits per heavy atom. The Balaban J connectivity index is 2.96. The van der Waals surface area contributed by atoms with Crippen LogP contribution in [0.4, 0.5) is 0 Å². The first-order valence-corrected chi connectivity index (χ1v) is 4.49. The second-order valence-corrected chi connectivity index (χ2v) is 3.09. The maximum Gasteiger partial charge on any atom is 0.0635 e. The Kier molecular flexibility index (Phi) is 8.09. The third-order valence-electron chi connectivity index (χ3n) is 1.78. The summed E-state index contributed by atoms with van der Waals surface area (Å²) in [7, 11) is 0. The molecule has 3 nitrogen and oxygen atoms in total. The molecule has 3 heteroatoms. The first-order valence-electron chi connectivity index (χ1n) is 4.49. The van der Waals surface area contributed by atoms with Crippen LogP contribution in [0, 0.1) is 17.2 Å². The van der Waals surface area contributed by atoms with Crippen molar-refractivity contribution in [2.24, 2.45) is 5.92 Å². The number of aliphatic hydroxyl groups is 1. The van der Waals surface area contributed by atoms with Crippen LogP contribution in [0.2, 0.25) is 0 Å². The van der Waals surface area contributed by atoms with E-state index in [1.807, 2.05) is 6.92 Å². The molecule has 0 aromatic carbocycles. The molecule has 0 heterocycles. The average molecular weight is 170 g/mol. The van der Waals surface area contributed by atoms with Crippen LogP contribution in [0.1, 0.15) is 26.2 Å². The van der Waals surface area contributed by atoms with E-state index in [0.29, 0.717) is 12.3 Å². The molecule has 0 amide bonds. The Labute approximate surface area is 74.4 Å². The molecule has 70 valence electrons. The molecule has 0 spiro atoms. The van der Waals surface area contributed by atoms with Crippen molar-refractivity contribution in [3.8, 4) is 6.07 Å². The van der Waals surface area contributed by atoms with Crippen molar-refractivity contribution >= 4 is 0 Å². The molecule has 0 aliphatic rings. The quantitative estimate of drug-likeness (QED) is 0.558. The van der Waals surface area contributed by atoms with Crippen molar-refractivity contribution in [3.63, 3.8) is 0 Å². The van der Waals surface area contributed by atoms with Crippen molar-refractivity contribution in [2.75, 3.05) is 19.7 Å². The summed E-state index contributed by atoms with van der Waals surface area (Å²) in [6, 6.07) is 2.08. The SMILES string of the molecule is CC(CO)CCCNCCC#N. The summed E-state index contributed by atoms with van der Waals surface area (Å²) in [4.78, 5) is 0. The van der Waals surface area contributed by atoms with Crippen molar-refractivity contribution in [2.45, 2.75) is 26.2 Å². The van der Waals surface area contributed by atoms with Crippen LogP contribution in [-0.4, -0.2) is 24.8 Å². The highest BCUT2D eigenvalue weighted by Crippen LogP contribution is 2.02. The summed E-state index contributed by atoms with van der Waals surface area (Å²) in [6.07, 6.45) is 2.71. The number of hydrogen-bond donors (Lipinski definition) is 2. The molecule has 0 saturated carbocycles. The molecule has 0 aromatic heterocycles. The average Bonchev–Trinajstić information content (AvgIpc) is 2.10. The predicted molar refractivity (Wildman–Crippen MR) is 48.6 cm³/mol. The first kappa shape index (κ1) is 11.4. The van der Waals surface area contributed by atoms with Crippen LogP contribution in [0.3, 0.4) is 0 Å². The highest BCUT2D eigenvalue weighted by molar-refractivity contribution is 4.69. The number of hydrogen-bond acceptors (Lipinski definition) is 3. The Morgan fingerprint density at radius 1 is 1.50 bits per heavy atom. The van der Waals surface area contributed by atoms with E-state index in [0.717, 1.165) is 25.9 Å². The smallest absolute Gasteiger partial charge is 0.0635 e. The molecule has 0 aliphatic carbocycles. The van der Waals surface area contributed by atoms with Gasteiger partial charge in [-0.2, -0.15) is 5.26 Å². The largest absolute Gasteiger partial charge is 0.396 e. The molecule has 0 rings (SSSR count). The fourth-order valence-electron chi connectivity index (χ4n) is 0.936. The fraction of sp³-hybridized carbons (Fsp3) is 0.889. The Hall–Kier alpha value is -0.590. The van der Waals surface area contributed by atoms with E-state index in [1.54, 1.807) is 0 Å². The lowest BCUT2D eigenvalue weighted by molar-refractivity contribution is 0.228. The number of nitriles is 1. The van der Waals surface area contributed by atoms with Crippen molar-refractivity contribution in [1.82, 2.24) is 5.32 Å². The number of rotatable bonds is 7. The summed E-state index contributed by atoms with van der Waals surface area (Å²) < 4.78 is 0. The second kappa shape index (κ2) is 8.51. The van der Waals surface area contributed by atoms with Gasteiger partial charge in [0.15, 0.2) is 0 Å². The van der Waals surface area contributed by atoms with E-state index in [-0.39, 0.29) is 6.61 Å². The normalized spacial score (nSPS) is 12.4. The van der Waals surface area contributed by atoms with E-state index in [2.05, 4.69) is 11.4 Å². The van der Waals surface area contributed by atoms with Crippen molar-refractivity contribution in [3.05, 3.63) is 0 Å². The number of nitrogens with one attached hydrogen (secondary N) is 1. The van der Waals surface area contributed by atoms with Gasteiger partial charge in [0, 0.05) is 19.6 Å². The van der Waals surface area contributed by atoms with Gasteiger partial charge in [0.05, 0.1) is 6.07 Å². The lowest BCUT2D eigenvalue weighted by Crippen LogP contribution is -2.17. The van der Waals surface area contributed by atoms with Gasteiger partial charge in [-0.3, -0.25) is 0 Å². The highest BCUT2D eigenvalue weighted by atomic mass is 16.3. The summed E-state index contributed by atoms with van der Waals surface area (Å²) in [5, 5.41) is 20.1. The van der Waals surface area contributed by atoms with Gasteiger partial charge in [0.1, 0.15) is 0 Å². The Bertz CT molecular complexity index is 131. The van der Waals surface area contributed by atoms with Crippen LogP contribution in [0.25, 0.3) is 0 Å². The topological polar surface area (TPSA) is 56.0 Å². The molecule has 12 heavy (non-hydrogen) atoms. The minimum Gasteiger partial charge on any atom is -0.396 e. The summed E-state index contributed by atoms with van der Waals surface area (Å²) >= 11 is 0. The molecule has 0 aliphatic heterocycles.